The fourth-order valence-electron chi connectivity index (χ4n) is 4.71. The van der Waals surface area contributed by atoms with Crippen LogP contribution >= 0.6 is 0 Å². The van der Waals surface area contributed by atoms with E-state index in [-0.39, 0.29) is 23.8 Å². The van der Waals surface area contributed by atoms with E-state index in [0.29, 0.717) is 38.4 Å². The summed E-state index contributed by atoms with van der Waals surface area (Å²) in [4.78, 5) is 30.3. The van der Waals surface area contributed by atoms with Crippen molar-refractivity contribution in [3.05, 3.63) is 89.9 Å². The van der Waals surface area contributed by atoms with Crippen molar-refractivity contribution in [2.24, 2.45) is 5.92 Å². The molecule has 6 nitrogen and oxygen atoms in total. The lowest BCUT2D eigenvalue weighted by Crippen LogP contribution is -2.62. The summed E-state index contributed by atoms with van der Waals surface area (Å²) >= 11 is 0. The largest absolute Gasteiger partial charge is 0.459 e. The van der Waals surface area contributed by atoms with Crippen molar-refractivity contribution < 1.29 is 14.0 Å². The third-order valence-electron chi connectivity index (χ3n) is 6.29. The first-order valence-electron chi connectivity index (χ1n) is 10.7. The third kappa shape index (κ3) is 3.81. The molecule has 1 saturated heterocycles. The zero-order chi connectivity index (χ0) is 21.2. The minimum absolute atomic E-state index is 0.0284. The van der Waals surface area contributed by atoms with Gasteiger partial charge in [0.1, 0.15) is 0 Å². The number of hydrogen-bond acceptors (Lipinski definition) is 4. The fraction of sp³-hybridized carbons (Fsp3) is 0.280. The summed E-state index contributed by atoms with van der Waals surface area (Å²) in [6, 6.07) is 21.5. The average Bonchev–Trinajstić information content (AvgIpc) is 3.37. The average molecular weight is 415 g/mol. The molecule has 2 atom stereocenters. The van der Waals surface area contributed by atoms with Gasteiger partial charge in [0.25, 0.3) is 5.91 Å². The van der Waals surface area contributed by atoms with Crippen molar-refractivity contribution in [1.82, 2.24) is 10.2 Å². The fourth-order valence-corrected chi connectivity index (χ4v) is 4.71. The zero-order valence-corrected chi connectivity index (χ0v) is 17.2. The molecule has 158 valence electrons. The molecule has 1 N–H and O–H groups in total. The molecular weight excluding hydrogens is 390 g/mol. The normalized spacial score (nSPS) is 20.0. The van der Waals surface area contributed by atoms with Crippen LogP contribution < -0.4 is 10.2 Å². The number of nitrogens with one attached hydrogen (secondary N) is 1. The van der Waals surface area contributed by atoms with Crippen LogP contribution in [0.4, 0.5) is 5.69 Å². The molecule has 2 aliphatic heterocycles. The Bertz CT molecular complexity index is 1060. The second-order valence-corrected chi connectivity index (χ2v) is 8.13. The molecule has 3 heterocycles. The van der Waals surface area contributed by atoms with Crippen LogP contribution in [0.2, 0.25) is 0 Å². The summed E-state index contributed by atoms with van der Waals surface area (Å²) in [7, 11) is 0. The van der Waals surface area contributed by atoms with E-state index in [2.05, 4.69) is 22.3 Å². The van der Waals surface area contributed by atoms with Gasteiger partial charge >= 0.3 is 0 Å². The van der Waals surface area contributed by atoms with Gasteiger partial charge < -0.3 is 19.5 Å². The van der Waals surface area contributed by atoms with Crippen molar-refractivity contribution in [3.8, 4) is 0 Å². The minimum atomic E-state index is -0.231. The summed E-state index contributed by atoms with van der Waals surface area (Å²) in [5.74, 6) is 0.0214. The Balaban J connectivity index is 1.38. The Labute approximate surface area is 181 Å². The molecule has 0 bridgehead atoms. The maximum Gasteiger partial charge on any atom is 0.289 e. The molecule has 2 unspecified atom stereocenters. The van der Waals surface area contributed by atoms with Gasteiger partial charge in [-0.15, -0.1) is 0 Å². The highest BCUT2D eigenvalue weighted by molar-refractivity contribution is 5.92. The number of benzene rings is 2. The van der Waals surface area contributed by atoms with E-state index in [1.807, 2.05) is 47.4 Å². The second-order valence-electron chi connectivity index (χ2n) is 8.13. The Morgan fingerprint density at radius 2 is 1.77 bits per heavy atom. The van der Waals surface area contributed by atoms with E-state index >= 15 is 0 Å². The lowest BCUT2D eigenvalue weighted by molar-refractivity contribution is -0.126. The van der Waals surface area contributed by atoms with Crippen LogP contribution in [0.3, 0.4) is 0 Å². The van der Waals surface area contributed by atoms with Crippen LogP contribution in [0.25, 0.3) is 0 Å². The highest BCUT2D eigenvalue weighted by Gasteiger charge is 2.42. The predicted octanol–water partition coefficient (Wildman–Crippen LogP) is 3.10. The Morgan fingerprint density at radius 3 is 2.58 bits per heavy atom. The van der Waals surface area contributed by atoms with Crippen LogP contribution in [0, 0.1) is 5.92 Å². The molecule has 2 aliphatic rings. The number of furan rings is 1. The number of hydrogen-bond donors (Lipinski definition) is 1. The number of carbonyl (C=O) groups excluding carboxylic acids is 2. The number of fused-ring (bicyclic) bond motifs is 3. The lowest BCUT2D eigenvalue weighted by Gasteiger charge is -2.48. The summed E-state index contributed by atoms with van der Waals surface area (Å²) in [6.45, 7) is 2.29. The van der Waals surface area contributed by atoms with Crippen LogP contribution in [0.15, 0.2) is 77.4 Å². The first-order valence-corrected chi connectivity index (χ1v) is 10.7. The molecule has 1 fully saturated rings. The quantitative estimate of drug-likeness (QED) is 0.711. The number of amides is 2. The van der Waals surface area contributed by atoms with Gasteiger partial charge in [-0.1, -0.05) is 48.5 Å². The molecule has 31 heavy (non-hydrogen) atoms. The summed E-state index contributed by atoms with van der Waals surface area (Å²) in [5, 5.41) is 3.12. The monoisotopic (exact) mass is 415 g/mol. The minimum Gasteiger partial charge on any atom is -0.459 e. The maximum atomic E-state index is 13.3. The van der Waals surface area contributed by atoms with E-state index in [0.717, 1.165) is 5.56 Å². The van der Waals surface area contributed by atoms with Crippen molar-refractivity contribution >= 4 is 17.5 Å². The van der Waals surface area contributed by atoms with Crippen LogP contribution in [-0.4, -0.2) is 42.4 Å². The summed E-state index contributed by atoms with van der Waals surface area (Å²) < 4.78 is 5.32. The van der Waals surface area contributed by atoms with Crippen LogP contribution in [0.5, 0.6) is 0 Å². The molecule has 0 radical (unpaired) electrons. The Hall–Kier alpha value is -3.54. The van der Waals surface area contributed by atoms with Crippen LogP contribution in [0.1, 0.15) is 21.7 Å². The lowest BCUT2D eigenvalue weighted by atomic mass is 9.83. The Kier molecular flexibility index (Phi) is 5.20. The number of nitrogens with zero attached hydrogens (tertiary/aromatic N) is 2. The maximum absolute atomic E-state index is 13.3. The molecule has 6 heteroatoms. The predicted molar refractivity (Wildman–Crippen MR) is 118 cm³/mol. The van der Waals surface area contributed by atoms with Gasteiger partial charge in [-0.3, -0.25) is 9.59 Å². The molecule has 1 aromatic heterocycles. The smallest absolute Gasteiger partial charge is 0.289 e. The van der Waals surface area contributed by atoms with E-state index in [9.17, 15) is 9.59 Å². The molecule has 0 aliphatic carbocycles. The molecular formula is C25H25N3O3. The number of para-hydroxylation sites is 1. The van der Waals surface area contributed by atoms with E-state index in [4.69, 9.17) is 4.42 Å². The second kappa shape index (κ2) is 8.30. The first-order chi connectivity index (χ1) is 15.2. The number of piperazine rings is 1. The third-order valence-corrected chi connectivity index (χ3v) is 6.29. The summed E-state index contributed by atoms with van der Waals surface area (Å²) in [6.07, 6.45) is 2.18. The van der Waals surface area contributed by atoms with Gasteiger partial charge in [0, 0.05) is 31.9 Å². The highest BCUT2D eigenvalue weighted by atomic mass is 16.3. The molecule has 2 aromatic carbocycles. The van der Waals surface area contributed by atoms with Gasteiger partial charge in [-0.2, -0.15) is 0 Å². The number of rotatable bonds is 4. The standard InChI is InChI=1S/C25H25N3O3/c29-24(26-16-18-7-2-1-3-8-18)20-15-19-9-4-5-10-21(19)28-13-12-27(17-22(20)28)25(30)23-11-6-14-31-23/h1-11,14,20,22H,12-13,15-17H2,(H,26,29). The van der Waals surface area contributed by atoms with Gasteiger partial charge in [0.15, 0.2) is 5.76 Å². The number of anilines is 1. The van der Waals surface area contributed by atoms with Crippen molar-refractivity contribution in [3.63, 3.8) is 0 Å². The molecule has 0 spiro atoms. The molecule has 2 amide bonds. The van der Waals surface area contributed by atoms with Gasteiger partial charge in [-0.05, 0) is 35.7 Å². The van der Waals surface area contributed by atoms with E-state index in [1.54, 1.807) is 12.1 Å². The zero-order valence-electron chi connectivity index (χ0n) is 17.2. The van der Waals surface area contributed by atoms with E-state index in [1.165, 1.54) is 17.5 Å². The Morgan fingerprint density at radius 1 is 0.968 bits per heavy atom. The molecule has 0 saturated carbocycles. The van der Waals surface area contributed by atoms with Gasteiger partial charge in [0.05, 0.1) is 18.2 Å². The number of carbonyl (C=O) groups is 2. The summed E-state index contributed by atoms with van der Waals surface area (Å²) in [5.41, 5.74) is 3.43. The van der Waals surface area contributed by atoms with Crippen molar-refractivity contribution in [1.29, 1.82) is 0 Å². The van der Waals surface area contributed by atoms with Crippen molar-refractivity contribution in [2.75, 3.05) is 24.5 Å². The first kappa shape index (κ1) is 19.4. The van der Waals surface area contributed by atoms with Crippen LogP contribution in [-0.2, 0) is 17.8 Å². The van der Waals surface area contributed by atoms with Gasteiger partial charge in [-0.25, -0.2) is 0 Å². The van der Waals surface area contributed by atoms with Crippen molar-refractivity contribution in [2.45, 2.75) is 19.0 Å². The molecule has 5 rings (SSSR count). The van der Waals surface area contributed by atoms with Gasteiger partial charge in [0.2, 0.25) is 5.91 Å². The molecule has 3 aromatic rings. The highest BCUT2D eigenvalue weighted by Crippen LogP contribution is 2.36. The SMILES string of the molecule is O=C(NCc1ccccc1)C1Cc2ccccc2N2CCN(C(=O)c3ccco3)CC12. The topological polar surface area (TPSA) is 65.8 Å². The van der Waals surface area contributed by atoms with E-state index < -0.39 is 0 Å².